The highest BCUT2D eigenvalue weighted by Crippen LogP contribution is 2.22. The van der Waals surface area contributed by atoms with Crippen molar-refractivity contribution in [3.63, 3.8) is 0 Å². The number of nitrogens with zero attached hydrogens (tertiary/aromatic N) is 1. The molecule has 0 aliphatic heterocycles. The first-order valence-corrected chi connectivity index (χ1v) is 4.95. The Morgan fingerprint density at radius 2 is 1.94 bits per heavy atom. The van der Waals surface area contributed by atoms with Crippen LogP contribution in [-0.4, -0.2) is 11.3 Å². The van der Waals surface area contributed by atoms with Crippen molar-refractivity contribution in [1.29, 1.82) is 0 Å². The number of aromatic nitrogens is 1. The fourth-order valence-electron chi connectivity index (χ4n) is 1.36. The van der Waals surface area contributed by atoms with E-state index in [0.29, 0.717) is 17.2 Å². The number of hydrogen-bond acceptors (Lipinski definition) is 3. The minimum absolute atomic E-state index is 0.495. The summed E-state index contributed by atoms with van der Waals surface area (Å²) in [5.74, 6) is 1.02. The molecule has 0 fully saturated rings. The maximum absolute atomic E-state index is 10.8. The van der Waals surface area contributed by atoms with Gasteiger partial charge in [-0.3, -0.25) is 4.79 Å². The molecule has 2 rings (SSSR count). The van der Waals surface area contributed by atoms with E-state index in [1.807, 2.05) is 25.1 Å². The van der Waals surface area contributed by atoms with Crippen molar-refractivity contribution in [1.82, 2.24) is 4.98 Å². The predicted octanol–water partition coefficient (Wildman–Crippen LogP) is 2.99. The van der Waals surface area contributed by atoms with Crippen LogP contribution in [0.3, 0.4) is 0 Å². The van der Waals surface area contributed by atoms with Crippen LogP contribution >= 0.6 is 0 Å². The number of aldehydes is 1. The van der Waals surface area contributed by atoms with Crippen LogP contribution in [0.15, 0.2) is 42.5 Å². The van der Waals surface area contributed by atoms with Crippen molar-refractivity contribution in [3.8, 4) is 11.6 Å². The number of carbonyl (C=O) groups is 1. The Morgan fingerprint density at radius 1 is 1.12 bits per heavy atom. The third-order valence-corrected chi connectivity index (χ3v) is 2.12. The number of aryl methyl sites for hydroxylation is 1. The molecule has 2 aromatic rings. The van der Waals surface area contributed by atoms with Crippen molar-refractivity contribution in [2.75, 3.05) is 0 Å². The Morgan fingerprint density at radius 3 is 2.69 bits per heavy atom. The molecule has 0 saturated heterocycles. The Labute approximate surface area is 93.7 Å². The summed E-state index contributed by atoms with van der Waals surface area (Å²) >= 11 is 0. The van der Waals surface area contributed by atoms with Gasteiger partial charge in [0.05, 0.1) is 5.56 Å². The third-order valence-electron chi connectivity index (χ3n) is 2.12. The zero-order valence-corrected chi connectivity index (χ0v) is 8.88. The fourth-order valence-corrected chi connectivity index (χ4v) is 1.36. The summed E-state index contributed by atoms with van der Waals surface area (Å²) in [5, 5.41) is 0. The molecule has 1 heterocycles. The third kappa shape index (κ3) is 2.25. The average molecular weight is 213 g/mol. The van der Waals surface area contributed by atoms with Gasteiger partial charge in [-0.2, -0.15) is 0 Å². The van der Waals surface area contributed by atoms with Gasteiger partial charge in [0, 0.05) is 11.8 Å². The minimum Gasteiger partial charge on any atom is -0.438 e. The summed E-state index contributed by atoms with van der Waals surface area (Å²) in [6.07, 6.45) is 0.769. The molecule has 0 aliphatic rings. The quantitative estimate of drug-likeness (QED) is 0.736. The van der Waals surface area contributed by atoms with Crippen molar-refractivity contribution in [3.05, 3.63) is 53.7 Å². The zero-order chi connectivity index (χ0) is 11.4. The number of hydrogen-bond donors (Lipinski definition) is 0. The number of ether oxygens (including phenoxy) is 1. The molecule has 0 bridgehead atoms. The van der Waals surface area contributed by atoms with Gasteiger partial charge >= 0.3 is 0 Å². The molecule has 3 nitrogen and oxygen atoms in total. The molecule has 0 radical (unpaired) electrons. The Hall–Kier alpha value is -2.16. The Balaban J connectivity index is 2.30. The Kier molecular flexibility index (Phi) is 2.96. The van der Waals surface area contributed by atoms with Crippen LogP contribution in [-0.2, 0) is 0 Å². The van der Waals surface area contributed by atoms with Crippen LogP contribution in [0, 0.1) is 6.92 Å². The zero-order valence-electron chi connectivity index (χ0n) is 8.88. The first-order chi connectivity index (χ1) is 7.79. The maximum atomic E-state index is 10.8. The van der Waals surface area contributed by atoms with E-state index in [9.17, 15) is 4.79 Å². The summed E-state index contributed by atoms with van der Waals surface area (Å²) in [5.41, 5.74) is 1.40. The number of benzene rings is 1. The van der Waals surface area contributed by atoms with E-state index in [0.717, 1.165) is 12.0 Å². The molecular formula is C13H11NO2. The monoisotopic (exact) mass is 213 g/mol. The van der Waals surface area contributed by atoms with Gasteiger partial charge in [0.25, 0.3) is 0 Å². The highest BCUT2D eigenvalue weighted by molar-refractivity contribution is 5.79. The number of carbonyl (C=O) groups excluding carboxylic acids is 1. The lowest BCUT2D eigenvalue weighted by Crippen LogP contribution is -1.92. The number of para-hydroxylation sites is 1. The molecular weight excluding hydrogens is 202 g/mol. The topological polar surface area (TPSA) is 39.2 Å². The molecule has 0 atom stereocenters. The van der Waals surface area contributed by atoms with Gasteiger partial charge < -0.3 is 4.74 Å². The Bertz CT molecular complexity index is 509. The molecule has 0 amide bonds. The minimum atomic E-state index is 0.495. The van der Waals surface area contributed by atoms with E-state index in [1.165, 1.54) is 0 Å². The van der Waals surface area contributed by atoms with Crippen LogP contribution in [0.4, 0.5) is 0 Å². The highest BCUT2D eigenvalue weighted by atomic mass is 16.5. The molecule has 16 heavy (non-hydrogen) atoms. The van der Waals surface area contributed by atoms with Gasteiger partial charge in [0.15, 0.2) is 6.29 Å². The lowest BCUT2D eigenvalue weighted by atomic mass is 10.2. The maximum Gasteiger partial charge on any atom is 0.219 e. The van der Waals surface area contributed by atoms with Gasteiger partial charge in [0.1, 0.15) is 5.75 Å². The summed E-state index contributed by atoms with van der Waals surface area (Å²) in [6.45, 7) is 1.89. The van der Waals surface area contributed by atoms with Crippen molar-refractivity contribution in [2.24, 2.45) is 0 Å². The lowest BCUT2D eigenvalue weighted by Gasteiger charge is -2.06. The largest absolute Gasteiger partial charge is 0.438 e. The van der Waals surface area contributed by atoms with E-state index < -0.39 is 0 Å². The number of rotatable bonds is 3. The van der Waals surface area contributed by atoms with Crippen LogP contribution in [0.25, 0.3) is 0 Å². The lowest BCUT2D eigenvalue weighted by molar-refractivity contribution is 0.112. The molecule has 1 aromatic carbocycles. The van der Waals surface area contributed by atoms with Gasteiger partial charge in [-0.25, -0.2) is 4.98 Å². The van der Waals surface area contributed by atoms with Gasteiger partial charge in [-0.05, 0) is 25.1 Å². The van der Waals surface area contributed by atoms with Crippen molar-refractivity contribution < 1.29 is 9.53 Å². The van der Waals surface area contributed by atoms with E-state index in [1.54, 1.807) is 24.3 Å². The summed E-state index contributed by atoms with van der Waals surface area (Å²) < 4.78 is 5.54. The molecule has 0 spiro atoms. The first kappa shape index (κ1) is 10.4. The van der Waals surface area contributed by atoms with E-state index in [-0.39, 0.29) is 0 Å². The molecule has 3 heteroatoms. The second-order valence-corrected chi connectivity index (χ2v) is 3.37. The SMILES string of the molecule is Cc1cccc(Oc2ccccc2C=O)n1. The molecule has 1 aromatic heterocycles. The van der Waals surface area contributed by atoms with E-state index in [4.69, 9.17) is 4.74 Å². The normalized spacial score (nSPS) is 9.81. The van der Waals surface area contributed by atoms with Gasteiger partial charge in [0.2, 0.25) is 5.88 Å². The second-order valence-electron chi connectivity index (χ2n) is 3.37. The van der Waals surface area contributed by atoms with Crippen molar-refractivity contribution in [2.45, 2.75) is 6.92 Å². The summed E-state index contributed by atoms with van der Waals surface area (Å²) in [7, 11) is 0. The van der Waals surface area contributed by atoms with E-state index >= 15 is 0 Å². The molecule has 0 saturated carbocycles. The van der Waals surface area contributed by atoms with Crippen LogP contribution in [0.2, 0.25) is 0 Å². The predicted molar refractivity (Wildman–Crippen MR) is 60.9 cm³/mol. The standard InChI is InChI=1S/C13H11NO2/c1-10-5-4-8-13(14-10)16-12-7-3-2-6-11(12)9-15/h2-9H,1H3. The van der Waals surface area contributed by atoms with Crippen LogP contribution < -0.4 is 4.74 Å². The van der Waals surface area contributed by atoms with Gasteiger partial charge in [-0.15, -0.1) is 0 Å². The second kappa shape index (κ2) is 4.57. The van der Waals surface area contributed by atoms with Crippen molar-refractivity contribution >= 4 is 6.29 Å². The smallest absolute Gasteiger partial charge is 0.219 e. The molecule has 0 unspecified atom stereocenters. The van der Waals surface area contributed by atoms with Crippen LogP contribution in [0.5, 0.6) is 11.6 Å². The summed E-state index contributed by atoms with van der Waals surface area (Å²) in [6, 6.07) is 12.6. The first-order valence-electron chi connectivity index (χ1n) is 4.95. The fraction of sp³-hybridized carbons (Fsp3) is 0.0769. The van der Waals surface area contributed by atoms with Crippen LogP contribution in [0.1, 0.15) is 16.1 Å². The van der Waals surface area contributed by atoms with E-state index in [2.05, 4.69) is 4.98 Å². The average Bonchev–Trinajstić information content (AvgIpc) is 2.30. The molecule has 0 N–H and O–H groups in total. The molecule has 0 aliphatic carbocycles. The highest BCUT2D eigenvalue weighted by Gasteiger charge is 2.03. The summed E-state index contributed by atoms with van der Waals surface area (Å²) in [4.78, 5) is 15.0. The number of pyridine rings is 1. The van der Waals surface area contributed by atoms with Gasteiger partial charge in [-0.1, -0.05) is 18.2 Å². The molecule has 80 valence electrons.